The van der Waals surface area contributed by atoms with Crippen LogP contribution in [-0.2, 0) is 0 Å². The number of halogens is 2. The first-order valence-corrected chi connectivity index (χ1v) is 3.90. The molecule has 0 amide bonds. The number of ether oxygens (including phenoxy) is 1. The maximum atomic E-state index is 13.1. The van der Waals surface area contributed by atoms with Crippen molar-refractivity contribution in [2.45, 2.75) is 6.04 Å². The summed E-state index contributed by atoms with van der Waals surface area (Å²) in [5, 5.41) is 0. The predicted molar refractivity (Wildman–Crippen MR) is 57.3 cm³/mol. The van der Waals surface area contributed by atoms with Gasteiger partial charge >= 0.3 is 0 Å². The maximum Gasteiger partial charge on any atom is 0.165 e. The highest BCUT2D eigenvalue weighted by Crippen LogP contribution is 2.20. The number of nitrogens with two attached hydrogens (primary N) is 1. The molecule has 0 saturated carbocycles. The summed E-state index contributed by atoms with van der Waals surface area (Å²) in [7, 11) is 1.42. The Balaban J connectivity index is 0.00000169. The van der Waals surface area contributed by atoms with Crippen molar-refractivity contribution in [2.75, 3.05) is 7.11 Å². The Labute approximate surface area is 89.0 Å². The molecule has 0 unspecified atom stereocenters. The van der Waals surface area contributed by atoms with Crippen molar-refractivity contribution >= 4 is 12.4 Å². The number of benzene rings is 1. The first kappa shape index (κ1) is 12.9. The van der Waals surface area contributed by atoms with E-state index < -0.39 is 5.82 Å². The van der Waals surface area contributed by atoms with E-state index in [1.54, 1.807) is 18.2 Å². The van der Waals surface area contributed by atoms with Gasteiger partial charge in [0.1, 0.15) is 0 Å². The van der Waals surface area contributed by atoms with E-state index in [1.165, 1.54) is 13.2 Å². The standard InChI is InChI=1S/C10H12FNO.ClH/c1-3-9(12)7-4-5-10(13-2)8(11)6-7;/h3-6,9H,1,12H2,2H3;1H/t9-;/m0./s1. The van der Waals surface area contributed by atoms with Crippen LogP contribution in [0, 0.1) is 5.82 Å². The summed E-state index contributed by atoms with van der Waals surface area (Å²) in [4.78, 5) is 0. The highest BCUT2D eigenvalue weighted by Gasteiger charge is 2.06. The van der Waals surface area contributed by atoms with E-state index in [9.17, 15) is 4.39 Å². The molecule has 0 fully saturated rings. The summed E-state index contributed by atoms with van der Waals surface area (Å²) >= 11 is 0. The molecule has 0 heterocycles. The summed E-state index contributed by atoms with van der Waals surface area (Å²) in [5.74, 6) is -0.183. The summed E-state index contributed by atoms with van der Waals surface area (Å²) < 4.78 is 17.9. The molecular formula is C10H13ClFNO. The molecule has 1 aromatic carbocycles. The SMILES string of the molecule is C=C[C@H](N)c1ccc(OC)c(F)c1.Cl. The van der Waals surface area contributed by atoms with Gasteiger partial charge in [0.05, 0.1) is 7.11 Å². The molecule has 4 heteroatoms. The van der Waals surface area contributed by atoms with Crippen molar-refractivity contribution in [3.63, 3.8) is 0 Å². The zero-order valence-electron chi connectivity index (χ0n) is 7.87. The summed E-state index contributed by atoms with van der Waals surface area (Å²) in [6, 6.07) is 4.29. The van der Waals surface area contributed by atoms with Crippen molar-refractivity contribution < 1.29 is 9.13 Å². The van der Waals surface area contributed by atoms with E-state index in [1.807, 2.05) is 0 Å². The molecule has 1 aromatic rings. The minimum absolute atomic E-state index is 0. The summed E-state index contributed by atoms with van der Waals surface area (Å²) in [6.45, 7) is 3.53. The molecule has 0 bridgehead atoms. The number of methoxy groups -OCH3 is 1. The number of hydrogen-bond donors (Lipinski definition) is 1. The fourth-order valence-electron chi connectivity index (χ4n) is 1.03. The molecule has 0 spiro atoms. The van der Waals surface area contributed by atoms with Crippen LogP contribution in [0.25, 0.3) is 0 Å². The van der Waals surface area contributed by atoms with Crippen molar-refractivity contribution in [1.29, 1.82) is 0 Å². The third-order valence-corrected chi connectivity index (χ3v) is 1.81. The maximum absolute atomic E-state index is 13.1. The quantitative estimate of drug-likeness (QED) is 0.790. The lowest BCUT2D eigenvalue weighted by Gasteiger charge is -2.08. The van der Waals surface area contributed by atoms with Crippen LogP contribution in [0.2, 0.25) is 0 Å². The first-order chi connectivity index (χ1) is 6.19. The molecule has 0 aromatic heterocycles. The molecule has 0 aliphatic heterocycles. The second kappa shape index (κ2) is 5.62. The average molecular weight is 218 g/mol. The first-order valence-electron chi connectivity index (χ1n) is 3.90. The van der Waals surface area contributed by atoms with Gasteiger partial charge in [-0.05, 0) is 17.7 Å². The van der Waals surface area contributed by atoms with E-state index in [4.69, 9.17) is 10.5 Å². The minimum Gasteiger partial charge on any atom is -0.494 e. The van der Waals surface area contributed by atoms with Gasteiger partial charge in [-0.1, -0.05) is 12.1 Å². The van der Waals surface area contributed by atoms with Crippen LogP contribution in [0.4, 0.5) is 4.39 Å². The van der Waals surface area contributed by atoms with Gasteiger partial charge in [-0.3, -0.25) is 0 Å². The molecular weight excluding hydrogens is 205 g/mol. The summed E-state index contributed by atoms with van der Waals surface area (Å²) in [5.41, 5.74) is 6.32. The fourth-order valence-corrected chi connectivity index (χ4v) is 1.03. The van der Waals surface area contributed by atoms with Crippen LogP contribution in [0.3, 0.4) is 0 Å². The lowest BCUT2D eigenvalue weighted by molar-refractivity contribution is 0.386. The van der Waals surface area contributed by atoms with Gasteiger partial charge in [-0.25, -0.2) is 4.39 Å². The molecule has 1 atom stereocenters. The van der Waals surface area contributed by atoms with Crippen molar-refractivity contribution in [3.05, 3.63) is 42.2 Å². The van der Waals surface area contributed by atoms with Crippen LogP contribution in [0.1, 0.15) is 11.6 Å². The van der Waals surface area contributed by atoms with Crippen LogP contribution in [-0.4, -0.2) is 7.11 Å². The largest absolute Gasteiger partial charge is 0.494 e. The van der Waals surface area contributed by atoms with Crippen LogP contribution >= 0.6 is 12.4 Å². The highest BCUT2D eigenvalue weighted by molar-refractivity contribution is 5.85. The Morgan fingerprint density at radius 1 is 1.57 bits per heavy atom. The molecule has 14 heavy (non-hydrogen) atoms. The molecule has 0 aliphatic carbocycles. The molecule has 0 aliphatic rings. The van der Waals surface area contributed by atoms with E-state index in [0.717, 1.165) is 0 Å². The van der Waals surface area contributed by atoms with E-state index in [2.05, 4.69) is 6.58 Å². The van der Waals surface area contributed by atoms with Crippen LogP contribution in [0.5, 0.6) is 5.75 Å². The van der Waals surface area contributed by atoms with Gasteiger partial charge in [0.15, 0.2) is 11.6 Å². The third-order valence-electron chi connectivity index (χ3n) is 1.81. The summed E-state index contributed by atoms with van der Waals surface area (Å²) in [6.07, 6.45) is 1.56. The molecule has 2 nitrogen and oxygen atoms in total. The Morgan fingerprint density at radius 2 is 2.21 bits per heavy atom. The Bertz CT molecular complexity index is 317. The zero-order chi connectivity index (χ0) is 9.84. The molecule has 0 saturated heterocycles. The van der Waals surface area contributed by atoms with Crippen molar-refractivity contribution in [2.24, 2.45) is 5.73 Å². The van der Waals surface area contributed by atoms with Gasteiger partial charge in [0.2, 0.25) is 0 Å². The zero-order valence-corrected chi connectivity index (χ0v) is 8.68. The Hall–Kier alpha value is -1.06. The Kier molecular flexibility index (Phi) is 5.20. The Morgan fingerprint density at radius 3 is 2.64 bits per heavy atom. The highest BCUT2D eigenvalue weighted by atomic mass is 35.5. The second-order valence-corrected chi connectivity index (χ2v) is 2.66. The normalized spacial score (nSPS) is 11.4. The van der Waals surface area contributed by atoms with Gasteiger partial charge in [-0.2, -0.15) is 0 Å². The third kappa shape index (κ3) is 2.72. The minimum atomic E-state index is -0.405. The van der Waals surface area contributed by atoms with Gasteiger partial charge < -0.3 is 10.5 Å². The molecule has 78 valence electrons. The monoisotopic (exact) mass is 217 g/mol. The number of hydrogen-bond acceptors (Lipinski definition) is 2. The molecule has 1 rings (SSSR count). The molecule has 0 radical (unpaired) electrons. The van der Waals surface area contributed by atoms with E-state index in [0.29, 0.717) is 5.56 Å². The van der Waals surface area contributed by atoms with Gasteiger partial charge in [0.25, 0.3) is 0 Å². The second-order valence-electron chi connectivity index (χ2n) is 2.66. The lowest BCUT2D eigenvalue weighted by atomic mass is 10.1. The fraction of sp³-hybridized carbons (Fsp3) is 0.200. The van der Waals surface area contributed by atoms with Crippen molar-refractivity contribution in [1.82, 2.24) is 0 Å². The molecule has 2 N–H and O–H groups in total. The van der Waals surface area contributed by atoms with Gasteiger partial charge in [-0.15, -0.1) is 19.0 Å². The smallest absolute Gasteiger partial charge is 0.165 e. The average Bonchev–Trinajstić information content (AvgIpc) is 2.16. The van der Waals surface area contributed by atoms with Crippen molar-refractivity contribution in [3.8, 4) is 5.75 Å². The van der Waals surface area contributed by atoms with E-state index in [-0.39, 0.29) is 24.2 Å². The van der Waals surface area contributed by atoms with Crippen LogP contribution in [0.15, 0.2) is 30.9 Å². The van der Waals surface area contributed by atoms with E-state index >= 15 is 0 Å². The lowest BCUT2D eigenvalue weighted by Crippen LogP contribution is -2.06. The topological polar surface area (TPSA) is 35.2 Å². The van der Waals surface area contributed by atoms with Gasteiger partial charge in [0, 0.05) is 6.04 Å². The predicted octanol–water partition coefficient (Wildman–Crippen LogP) is 2.44. The van der Waals surface area contributed by atoms with Crippen LogP contribution < -0.4 is 10.5 Å². The number of rotatable bonds is 3.